The van der Waals surface area contributed by atoms with E-state index in [9.17, 15) is 0 Å². The van der Waals surface area contributed by atoms with Crippen LogP contribution in [-0.2, 0) is 0 Å². The molecule has 2 heterocycles. The van der Waals surface area contributed by atoms with E-state index >= 15 is 0 Å². The molecule has 0 spiro atoms. The monoisotopic (exact) mass is 286 g/mol. The molecule has 0 amide bonds. The molecule has 1 aliphatic heterocycles. The Bertz CT molecular complexity index is 350. The van der Waals surface area contributed by atoms with Gasteiger partial charge in [-0.15, -0.1) is 0 Å². The zero-order chi connectivity index (χ0) is 10.8. The zero-order valence-electron chi connectivity index (χ0n) is 9.03. The lowest BCUT2D eigenvalue weighted by atomic mass is 10.2. The van der Waals surface area contributed by atoms with Gasteiger partial charge in [-0.1, -0.05) is 0 Å². The molecule has 0 saturated carbocycles. The first kappa shape index (κ1) is 11.3. The van der Waals surface area contributed by atoms with Crippen molar-refractivity contribution in [1.82, 2.24) is 4.98 Å². The normalized spacial score (nSPS) is 20.6. The van der Waals surface area contributed by atoms with Crippen LogP contribution in [0.15, 0.2) is 16.7 Å². The molecule has 1 fully saturated rings. The van der Waals surface area contributed by atoms with Crippen LogP contribution >= 0.6 is 27.7 Å². The molecule has 1 aromatic rings. The van der Waals surface area contributed by atoms with Gasteiger partial charge in [-0.2, -0.15) is 11.8 Å². The minimum atomic E-state index is 0.656. The first-order valence-electron chi connectivity index (χ1n) is 5.11. The smallest absolute Gasteiger partial charge is 0.128 e. The van der Waals surface area contributed by atoms with Crippen molar-refractivity contribution in [2.45, 2.75) is 19.4 Å². The van der Waals surface area contributed by atoms with Crippen LogP contribution in [0, 0.1) is 6.92 Å². The maximum absolute atomic E-state index is 4.45. The van der Waals surface area contributed by atoms with Gasteiger partial charge in [0.05, 0.1) is 0 Å². The molecule has 0 aromatic carbocycles. The molecule has 1 atom stereocenters. The van der Waals surface area contributed by atoms with Gasteiger partial charge in [0.2, 0.25) is 0 Å². The second-order valence-corrected chi connectivity index (χ2v) is 5.92. The highest BCUT2D eigenvalue weighted by molar-refractivity contribution is 9.10. The van der Waals surface area contributed by atoms with Crippen molar-refractivity contribution in [3.05, 3.63) is 22.3 Å². The molecule has 0 aliphatic carbocycles. The fraction of sp³-hybridized carbons (Fsp3) is 0.545. The molecule has 2 rings (SSSR count). The summed E-state index contributed by atoms with van der Waals surface area (Å²) >= 11 is 5.51. The Kier molecular flexibility index (Phi) is 3.57. The van der Waals surface area contributed by atoms with Crippen molar-refractivity contribution in [3.8, 4) is 0 Å². The Morgan fingerprint density at radius 1 is 1.60 bits per heavy atom. The lowest BCUT2D eigenvalue weighted by Gasteiger charge is -2.25. The first-order chi connectivity index (χ1) is 7.18. The SMILES string of the molecule is Cc1cc(N(C)C2CCSC2)ncc1Br. The van der Waals surface area contributed by atoms with Crippen molar-refractivity contribution >= 4 is 33.5 Å². The van der Waals surface area contributed by atoms with E-state index < -0.39 is 0 Å². The molecule has 1 saturated heterocycles. The third-order valence-electron chi connectivity index (χ3n) is 2.85. The predicted molar refractivity (Wildman–Crippen MR) is 70.8 cm³/mol. The molecule has 0 N–H and O–H groups in total. The second kappa shape index (κ2) is 4.74. The number of aryl methyl sites for hydroxylation is 1. The van der Waals surface area contributed by atoms with Gasteiger partial charge in [-0.25, -0.2) is 4.98 Å². The first-order valence-corrected chi connectivity index (χ1v) is 7.06. The van der Waals surface area contributed by atoms with Gasteiger partial charge in [0.15, 0.2) is 0 Å². The summed E-state index contributed by atoms with van der Waals surface area (Å²) in [5, 5.41) is 0. The van der Waals surface area contributed by atoms with Crippen LogP contribution in [-0.4, -0.2) is 29.6 Å². The minimum Gasteiger partial charge on any atom is -0.356 e. The number of rotatable bonds is 2. The molecule has 0 radical (unpaired) electrons. The molecular weight excluding hydrogens is 272 g/mol. The number of anilines is 1. The molecular formula is C11H15BrN2S. The Morgan fingerprint density at radius 3 is 3.00 bits per heavy atom. The van der Waals surface area contributed by atoms with Gasteiger partial charge < -0.3 is 4.90 Å². The minimum absolute atomic E-state index is 0.656. The quantitative estimate of drug-likeness (QED) is 0.831. The topological polar surface area (TPSA) is 16.1 Å². The molecule has 0 bridgehead atoms. The average Bonchev–Trinajstić information content (AvgIpc) is 2.74. The standard InChI is InChI=1S/C11H15BrN2S/c1-8-5-11(13-6-10(8)12)14(2)9-3-4-15-7-9/h5-6,9H,3-4,7H2,1-2H3. The summed E-state index contributed by atoms with van der Waals surface area (Å²) in [6, 6.07) is 2.80. The molecule has 1 unspecified atom stereocenters. The van der Waals surface area contributed by atoms with Gasteiger partial charge >= 0.3 is 0 Å². The number of pyridine rings is 1. The fourth-order valence-electron chi connectivity index (χ4n) is 1.73. The number of halogens is 1. The maximum atomic E-state index is 4.45. The van der Waals surface area contributed by atoms with Crippen LogP contribution in [0.25, 0.3) is 0 Å². The average molecular weight is 287 g/mol. The Hall–Kier alpha value is -0.220. The summed E-state index contributed by atoms with van der Waals surface area (Å²) in [5.41, 5.74) is 1.25. The van der Waals surface area contributed by atoms with Crippen LogP contribution in [0.3, 0.4) is 0 Å². The Balaban J connectivity index is 2.17. The van der Waals surface area contributed by atoms with Crippen LogP contribution in [0.1, 0.15) is 12.0 Å². The van der Waals surface area contributed by atoms with Crippen LogP contribution < -0.4 is 4.90 Å². The summed E-state index contributed by atoms with van der Waals surface area (Å²) < 4.78 is 1.08. The van der Waals surface area contributed by atoms with Gasteiger partial charge in [0.1, 0.15) is 5.82 Å². The lowest BCUT2D eigenvalue weighted by Crippen LogP contribution is -2.31. The summed E-state index contributed by atoms with van der Waals surface area (Å²) in [4.78, 5) is 6.76. The predicted octanol–water partition coefficient (Wildman–Crippen LogP) is 3.09. The van der Waals surface area contributed by atoms with E-state index in [0.29, 0.717) is 6.04 Å². The van der Waals surface area contributed by atoms with E-state index in [-0.39, 0.29) is 0 Å². The van der Waals surface area contributed by atoms with Gasteiger partial charge in [0.25, 0.3) is 0 Å². The van der Waals surface area contributed by atoms with Gasteiger partial charge in [-0.3, -0.25) is 0 Å². The Morgan fingerprint density at radius 2 is 2.40 bits per heavy atom. The highest BCUT2D eigenvalue weighted by Gasteiger charge is 2.21. The summed E-state index contributed by atoms with van der Waals surface area (Å²) in [6.45, 7) is 2.10. The van der Waals surface area contributed by atoms with E-state index in [0.717, 1.165) is 10.3 Å². The summed E-state index contributed by atoms with van der Waals surface area (Å²) in [6.07, 6.45) is 3.17. The van der Waals surface area contributed by atoms with E-state index in [1.807, 2.05) is 18.0 Å². The number of nitrogens with zero attached hydrogens (tertiary/aromatic N) is 2. The number of aromatic nitrogens is 1. The van der Waals surface area contributed by atoms with E-state index in [1.165, 1.54) is 23.5 Å². The molecule has 82 valence electrons. The lowest BCUT2D eigenvalue weighted by molar-refractivity contribution is 0.691. The third kappa shape index (κ3) is 2.48. The fourth-order valence-corrected chi connectivity index (χ4v) is 3.22. The number of hydrogen-bond donors (Lipinski definition) is 0. The van der Waals surface area contributed by atoms with Gasteiger partial charge in [-0.05, 0) is 46.7 Å². The molecule has 2 nitrogen and oxygen atoms in total. The van der Waals surface area contributed by atoms with Crippen LogP contribution in [0.5, 0.6) is 0 Å². The van der Waals surface area contributed by atoms with Crippen molar-refractivity contribution < 1.29 is 0 Å². The zero-order valence-corrected chi connectivity index (χ0v) is 11.4. The number of thioether (sulfide) groups is 1. The van der Waals surface area contributed by atoms with Crippen LogP contribution in [0.2, 0.25) is 0 Å². The molecule has 1 aromatic heterocycles. The third-order valence-corrected chi connectivity index (χ3v) is 4.82. The largest absolute Gasteiger partial charge is 0.356 e. The van der Waals surface area contributed by atoms with E-state index in [2.05, 4.69) is 45.9 Å². The van der Waals surface area contributed by atoms with Gasteiger partial charge in [0, 0.05) is 29.5 Å². The highest BCUT2D eigenvalue weighted by Crippen LogP contribution is 2.26. The van der Waals surface area contributed by atoms with E-state index in [1.54, 1.807) is 0 Å². The van der Waals surface area contributed by atoms with E-state index in [4.69, 9.17) is 0 Å². The van der Waals surface area contributed by atoms with Crippen molar-refractivity contribution in [2.75, 3.05) is 23.5 Å². The van der Waals surface area contributed by atoms with Crippen molar-refractivity contribution in [2.24, 2.45) is 0 Å². The Labute approximate surface area is 104 Å². The molecule has 15 heavy (non-hydrogen) atoms. The summed E-state index contributed by atoms with van der Waals surface area (Å²) in [5.74, 6) is 3.60. The summed E-state index contributed by atoms with van der Waals surface area (Å²) in [7, 11) is 2.15. The maximum Gasteiger partial charge on any atom is 0.128 e. The van der Waals surface area contributed by atoms with Crippen molar-refractivity contribution in [3.63, 3.8) is 0 Å². The second-order valence-electron chi connectivity index (χ2n) is 3.92. The highest BCUT2D eigenvalue weighted by atomic mass is 79.9. The molecule has 4 heteroatoms. The van der Waals surface area contributed by atoms with Crippen LogP contribution in [0.4, 0.5) is 5.82 Å². The van der Waals surface area contributed by atoms with Crippen molar-refractivity contribution in [1.29, 1.82) is 0 Å². The molecule has 1 aliphatic rings. The number of hydrogen-bond acceptors (Lipinski definition) is 3.